The van der Waals surface area contributed by atoms with Gasteiger partial charge in [-0.3, -0.25) is 0 Å². The van der Waals surface area contributed by atoms with E-state index in [1.54, 1.807) is 0 Å². The average molecular weight is 165 g/mol. The first-order valence-electron chi connectivity index (χ1n) is 3.37. The van der Waals surface area contributed by atoms with Gasteiger partial charge in [0.15, 0.2) is 0 Å². The lowest BCUT2D eigenvalue weighted by atomic mass is 10.2. The maximum atomic E-state index is 5.83. The molecule has 1 radical (unpaired) electrons. The maximum absolute atomic E-state index is 5.83. The standard InChI is InChI=1S/C9H7ClN/c1-6-7-4-2-3-5-8(7)11-9(6)10/h2-5,11H,1H2. The minimum Gasteiger partial charge on any atom is -0.345 e. The number of benzene rings is 1. The van der Waals surface area contributed by atoms with Crippen molar-refractivity contribution in [2.75, 3.05) is 0 Å². The Bertz CT molecular complexity index is 389. The zero-order valence-electron chi connectivity index (χ0n) is 5.89. The van der Waals surface area contributed by atoms with Crippen molar-refractivity contribution in [3.8, 4) is 0 Å². The Morgan fingerprint density at radius 3 is 2.73 bits per heavy atom. The molecule has 1 aromatic heterocycles. The van der Waals surface area contributed by atoms with E-state index in [0.717, 1.165) is 16.5 Å². The number of aromatic nitrogens is 1. The van der Waals surface area contributed by atoms with Crippen LogP contribution in [0.25, 0.3) is 10.9 Å². The minimum absolute atomic E-state index is 0.631. The molecule has 2 aromatic rings. The molecule has 0 aliphatic heterocycles. The Kier molecular flexibility index (Phi) is 1.40. The molecule has 0 atom stereocenters. The van der Waals surface area contributed by atoms with E-state index < -0.39 is 0 Å². The van der Waals surface area contributed by atoms with E-state index in [-0.39, 0.29) is 0 Å². The highest BCUT2D eigenvalue weighted by Gasteiger charge is 2.02. The summed E-state index contributed by atoms with van der Waals surface area (Å²) in [5.74, 6) is 0. The number of para-hydroxylation sites is 1. The molecule has 0 saturated heterocycles. The van der Waals surface area contributed by atoms with Gasteiger partial charge in [0.2, 0.25) is 0 Å². The lowest BCUT2D eigenvalue weighted by molar-refractivity contribution is 1.46. The van der Waals surface area contributed by atoms with Gasteiger partial charge in [0.1, 0.15) is 5.15 Å². The predicted molar refractivity (Wildman–Crippen MR) is 47.8 cm³/mol. The van der Waals surface area contributed by atoms with Gasteiger partial charge < -0.3 is 4.98 Å². The highest BCUT2D eigenvalue weighted by atomic mass is 35.5. The van der Waals surface area contributed by atoms with Crippen molar-refractivity contribution in [2.45, 2.75) is 0 Å². The molecule has 1 nitrogen and oxygen atoms in total. The van der Waals surface area contributed by atoms with Crippen LogP contribution in [0.5, 0.6) is 0 Å². The number of nitrogens with one attached hydrogen (secondary N) is 1. The summed E-state index contributed by atoms with van der Waals surface area (Å²) >= 11 is 5.83. The van der Waals surface area contributed by atoms with Crippen molar-refractivity contribution < 1.29 is 0 Å². The Balaban J connectivity index is 2.92. The molecule has 2 rings (SSSR count). The molecule has 0 fully saturated rings. The van der Waals surface area contributed by atoms with Crippen molar-refractivity contribution in [3.63, 3.8) is 0 Å². The van der Waals surface area contributed by atoms with Gasteiger partial charge in [-0.05, 0) is 18.6 Å². The van der Waals surface area contributed by atoms with Crippen LogP contribution >= 0.6 is 11.6 Å². The number of aromatic amines is 1. The Morgan fingerprint density at radius 2 is 2.00 bits per heavy atom. The van der Waals surface area contributed by atoms with E-state index in [1.807, 2.05) is 24.3 Å². The van der Waals surface area contributed by atoms with Crippen LogP contribution in [0.3, 0.4) is 0 Å². The normalized spacial score (nSPS) is 10.7. The van der Waals surface area contributed by atoms with Crippen molar-refractivity contribution in [3.05, 3.63) is 41.9 Å². The quantitative estimate of drug-likeness (QED) is 0.616. The van der Waals surface area contributed by atoms with Crippen LogP contribution in [0, 0.1) is 6.92 Å². The Hall–Kier alpha value is -0.950. The summed E-state index contributed by atoms with van der Waals surface area (Å²) in [4.78, 5) is 3.03. The van der Waals surface area contributed by atoms with Gasteiger partial charge in [-0.15, -0.1) is 0 Å². The largest absolute Gasteiger partial charge is 0.345 e. The summed E-state index contributed by atoms with van der Waals surface area (Å²) in [7, 11) is 0. The Morgan fingerprint density at radius 1 is 1.27 bits per heavy atom. The predicted octanol–water partition coefficient (Wildman–Crippen LogP) is 3.00. The molecule has 1 aromatic carbocycles. The summed E-state index contributed by atoms with van der Waals surface area (Å²) < 4.78 is 0. The zero-order chi connectivity index (χ0) is 7.84. The van der Waals surface area contributed by atoms with Crippen molar-refractivity contribution >= 4 is 22.5 Å². The number of H-pyrrole nitrogens is 1. The molecule has 0 unspecified atom stereocenters. The van der Waals surface area contributed by atoms with Crippen LogP contribution in [0.15, 0.2) is 24.3 Å². The molecule has 0 spiro atoms. The fourth-order valence-electron chi connectivity index (χ4n) is 1.17. The van der Waals surface area contributed by atoms with Crippen molar-refractivity contribution in [2.24, 2.45) is 0 Å². The van der Waals surface area contributed by atoms with Crippen LogP contribution in [0.4, 0.5) is 0 Å². The van der Waals surface area contributed by atoms with Gasteiger partial charge >= 0.3 is 0 Å². The molecule has 0 amide bonds. The summed E-state index contributed by atoms with van der Waals surface area (Å²) in [6, 6.07) is 7.92. The van der Waals surface area contributed by atoms with Gasteiger partial charge in [-0.1, -0.05) is 29.8 Å². The molecule has 1 heterocycles. The molecule has 0 bridgehead atoms. The molecule has 55 valence electrons. The van der Waals surface area contributed by atoms with Gasteiger partial charge in [0, 0.05) is 10.9 Å². The number of rotatable bonds is 0. The summed E-state index contributed by atoms with van der Waals surface area (Å²) in [5, 5.41) is 1.73. The number of fused-ring (bicyclic) bond motifs is 1. The van der Waals surface area contributed by atoms with Crippen LogP contribution in [-0.4, -0.2) is 4.98 Å². The van der Waals surface area contributed by atoms with Crippen LogP contribution in [0.1, 0.15) is 5.56 Å². The third-order valence-corrected chi connectivity index (χ3v) is 2.08. The SMILES string of the molecule is [CH2]c1c(Cl)[nH]c2ccccc12. The van der Waals surface area contributed by atoms with Crippen molar-refractivity contribution in [1.82, 2.24) is 4.98 Å². The van der Waals surface area contributed by atoms with Gasteiger partial charge in [-0.2, -0.15) is 0 Å². The highest BCUT2D eigenvalue weighted by molar-refractivity contribution is 6.31. The van der Waals surface area contributed by atoms with E-state index >= 15 is 0 Å². The van der Waals surface area contributed by atoms with E-state index in [0.29, 0.717) is 5.15 Å². The second kappa shape index (κ2) is 2.28. The lowest BCUT2D eigenvalue weighted by Gasteiger charge is -1.86. The Labute approximate surface area is 70.0 Å². The second-order valence-corrected chi connectivity index (χ2v) is 2.84. The summed E-state index contributed by atoms with van der Waals surface area (Å²) in [5.41, 5.74) is 1.92. The van der Waals surface area contributed by atoms with Crippen LogP contribution in [-0.2, 0) is 0 Å². The smallest absolute Gasteiger partial charge is 0.110 e. The van der Waals surface area contributed by atoms with Gasteiger partial charge in [-0.25, -0.2) is 0 Å². The highest BCUT2D eigenvalue weighted by Crippen LogP contribution is 2.24. The molecular formula is C9H7ClN. The van der Waals surface area contributed by atoms with Crippen molar-refractivity contribution in [1.29, 1.82) is 0 Å². The van der Waals surface area contributed by atoms with Gasteiger partial charge in [0.25, 0.3) is 0 Å². The fourth-order valence-corrected chi connectivity index (χ4v) is 1.37. The number of halogens is 1. The third-order valence-electron chi connectivity index (χ3n) is 1.76. The van der Waals surface area contributed by atoms with Crippen LogP contribution < -0.4 is 0 Å². The third kappa shape index (κ3) is 0.925. The minimum atomic E-state index is 0.631. The first kappa shape index (κ1) is 6.74. The van der Waals surface area contributed by atoms with Crippen LogP contribution in [0.2, 0.25) is 5.15 Å². The second-order valence-electron chi connectivity index (χ2n) is 2.46. The molecule has 0 aliphatic carbocycles. The summed E-state index contributed by atoms with van der Waals surface area (Å²) in [6.45, 7) is 3.85. The average Bonchev–Trinajstić information content (AvgIpc) is 2.30. The fraction of sp³-hybridized carbons (Fsp3) is 0. The van der Waals surface area contributed by atoms with E-state index in [1.165, 1.54) is 0 Å². The number of hydrogen-bond donors (Lipinski definition) is 1. The molecule has 0 aliphatic rings. The first-order chi connectivity index (χ1) is 5.29. The molecule has 11 heavy (non-hydrogen) atoms. The molecule has 2 heteroatoms. The molecule has 0 saturated carbocycles. The first-order valence-corrected chi connectivity index (χ1v) is 3.75. The van der Waals surface area contributed by atoms with E-state index in [9.17, 15) is 0 Å². The van der Waals surface area contributed by atoms with E-state index in [4.69, 9.17) is 11.6 Å². The summed E-state index contributed by atoms with van der Waals surface area (Å²) in [6.07, 6.45) is 0. The topological polar surface area (TPSA) is 15.8 Å². The van der Waals surface area contributed by atoms with E-state index in [2.05, 4.69) is 11.9 Å². The molecular weight excluding hydrogens is 158 g/mol. The molecule has 1 N–H and O–H groups in total. The zero-order valence-corrected chi connectivity index (χ0v) is 6.65. The number of hydrogen-bond acceptors (Lipinski definition) is 0. The lowest BCUT2D eigenvalue weighted by Crippen LogP contribution is -1.65. The van der Waals surface area contributed by atoms with Gasteiger partial charge in [0.05, 0.1) is 0 Å². The monoisotopic (exact) mass is 164 g/mol. The maximum Gasteiger partial charge on any atom is 0.110 e.